The van der Waals surface area contributed by atoms with Gasteiger partial charge in [-0.15, -0.1) is 11.3 Å². The van der Waals surface area contributed by atoms with Crippen LogP contribution in [0.5, 0.6) is 5.88 Å². The zero-order valence-corrected chi connectivity index (χ0v) is 19.9. The summed E-state index contributed by atoms with van der Waals surface area (Å²) in [5.74, 6) is 1.61. The molecular formula is C23H28N7O2S+. The number of ether oxygens (including phenoxy) is 1. The van der Waals surface area contributed by atoms with Crippen LogP contribution in [-0.4, -0.2) is 45.8 Å². The van der Waals surface area contributed by atoms with Gasteiger partial charge in [-0.25, -0.2) is 4.98 Å². The van der Waals surface area contributed by atoms with E-state index >= 15 is 0 Å². The number of aromatic nitrogens is 4. The van der Waals surface area contributed by atoms with Crippen molar-refractivity contribution < 1.29 is 14.2 Å². The molecule has 1 aliphatic carbocycles. The maximum atomic E-state index is 9.70. The van der Waals surface area contributed by atoms with E-state index in [1.54, 1.807) is 12.3 Å². The third kappa shape index (κ3) is 3.75. The van der Waals surface area contributed by atoms with E-state index in [2.05, 4.69) is 40.1 Å². The van der Waals surface area contributed by atoms with Crippen molar-refractivity contribution in [2.24, 2.45) is 0 Å². The maximum absolute atomic E-state index is 9.70. The van der Waals surface area contributed by atoms with Gasteiger partial charge in [0.15, 0.2) is 0 Å². The standard InChI is InChI=1S/C23H27N7O2S/c1-13(15-6-5-11-30(15)3)31-17-8-10-26-20(27-17)21-28-22(32-29-21)23(2)9-4-7-16-18(23)14(12-24)19(25)33-16/h8,10,13,15H,4-7,9,11,25H2,1-3H3/p+1/t13-,15-,23-/m0/s1. The smallest absolute Gasteiger partial charge is 0.240 e. The first-order chi connectivity index (χ1) is 15.9. The van der Waals surface area contributed by atoms with E-state index in [1.165, 1.54) is 29.2 Å². The molecule has 1 unspecified atom stereocenters. The van der Waals surface area contributed by atoms with Crippen molar-refractivity contribution in [3.63, 3.8) is 0 Å². The molecule has 1 aliphatic heterocycles. The number of likely N-dealkylation sites (tertiary alicyclic amines) is 1. The lowest BCUT2D eigenvalue weighted by atomic mass is 9.72. The van der Waals surface area contributed by atoms with Crippen molar-refractivity contribution in [3.8, 4) is 23.6 Å². The number of anilines is 1. The average molecular weight is 467 g/mol. The molecule has 0 bridgehead atoms. The van der Waals surface area contributed by atoms with Crippen molar-refractivity contribution in [2.75, 3.05) is 19.3 Å². The molecule has 172 valence electrons. The van der Waals surface area contributed by atoms with Gasteiger partial charge >= 0.3 is 0 Å². The predicted octanol–water partition coefficient (Wildman–Crippen LogP) is 2.13. The Labute approximate surface area is 196 Å². The summed E-state index contributed by atoms with van der Waals surface area (Å²) in [7, 11) is 2.21. The molecule has 10 heteroatoms. The summed E-state index contributed by atoms with van der Waals surface area (Å²) in [6, 6.07) is 4.48. The summed E-state index contributed by atoms with van der Waals surface area (Å²) in [4.78, 5) is 16.2. The van der Waals surface area contributed by atoms with Gasteiger partial charge in [0.1, 0.15) is 23.2 Å². The molecule has 0 aromatic carbocycles. The number of nitriles is 1. The van der Waals surface area contributed by atoms with Gasteiger partial charge in [0.05, 0.1) is 24.6 Å². The lowest BCUT2D eigenvalue weighted by molar-refractivity contribution is -0.895. The van der Waals surface area contributed by atoms with Gasteiger partial charge in [0, 0.05) is 35.5 Å². The Morgan fingerprint density at radius 1 is 1.36 bits per heavy atom. The van der Waals surface area contributed by atoms with E-state index in [-0.39, 0.29) is 6.10 Å². The number of nitrogens with two attached hydrogens (primary N) is 1. The summed E-state index contributed by atoms with van der Waals surface area (Å²) in [5, 5.41) is 14.4. The fourth-order valence-electron chi connectivity index (χ4n) is 5.30. The van der Waals surface area contributed by atoms with E-state index in [9.17, 15) is 5.26 Å². The van der Waals surface area contributed by atoms with Crippen LogP contribution in [-0.2, 0) is 11.8 Å². The molecule has 9 nitrogen and oxygen atoms in total. The summed E-state index contributed by atoms with van der Waals surface area (Å²) in [6.07, 6.45) is 6.73. The molecule has 4 heterocycles. The number of nitrogen functional groups attached to an aromatic ring is 1. The van der Waals surface area contributed by atoms with Gasteiger partial charge in [-0.2, -0.15) is 15.2 Å². The Hall–Kier alpha value is -3.03. The monoisotopic (exact) mass is 466 g/mol. The first-order valence-corrected chi connectivity index (χ1v) is 12.2. The molecule has 0 radical (unpaired) electrons. The molecule has 5 rings (SSSR count). The highest BCUT2D eigenvalue weighted by molar-refractivity contribution is 7.16. The molecular weight excluding hydrogens is 438 g/mol. The predicted molar refractivity (Wildman–Crippen MR) is 123 cm³/mol. The zero-order valence-electron chi connectivity index (χ0n) is 19.1. The number of hydrogen-bond donors (Lipinski definition) is 2. The van der Waals surface area contributed by atoms with Gasteiger partial charge in [-0.3, -0.25) is 0 Å². The number of fused-ring (bicyclic) bond motifs is 1. The highest BCUT2D eigenvalue weighted by Crippen LogP contribution is 2.48. The minimum atomic E-state index is -0.573. The van der Waals surface area contributed by atoms with E-state index in [1.807, 2.05) is 6.92 Å². The van der Waals surface area contributed by atoms with E-state index in [0.717, 1.165) is 36.1 Å². The molecule has 3 N–H and O–H groups in total. The number of thiophene rings is 1. The number of nitrogens with zero attached hydrogens (tertiary/aromatic N) is 5. The van der Waals surface area contributed by atoms with Crippen LogP contribution in [0, 0.1) is 11.3 Å². The minimum absolute atomic E-state index is 0.0455. The van der Waals surface area contributed by atoms with Crippen LogP contribution in [0.2, 0.25) is 0 Å². The summed E-state index contributed by atoms with van der Waals surface area (Å²) < 4.78 is 11.9. The Morgan fingerprint density at radius 2 is 2.21 bits per heavy atom. The molecule has 2 aliphatic rings. The largest absolute Gasteiger partial charge is 0.468 e. The first-order valence-electron chi connectivity index (χ1n) is 11.4. The lowest BCUT2D eigenvalue weighted by Gasteiger charge is -2.30. The molecule has 0 amide bonds. The topological polar surface area (TPSA) is 128 Å². The third-order valence-electron chi connectivity index (χ3n) is 7.07. The molecule has 0 spiro atoms. The third-order valence-corrected chi connectivity index (χ3v) is 8.15. The van der Waals surface area contributed by atoms with Crippen LogP contribution >= 0.6 is 11.3 Å². The maximum Gasteiger partial charge on any atom is 0.240 e. The Kier molecular flexibility index (Phi) is 5.54. The van der Waals surface area contributed by atoms with Crippen molar-refractivity contribution in [3.05, 3.63) is 34.2 Å². The molecule has 1 saturated heterocycles. The Morgan fingerprint density at radius 3 is 2.97 bits per heavy atom. The quantitative estimate of drug-likeness (QED) is 0.585. The molecule has 3 aromatic heterocycles. The second kappa shape index (κ2) is 8.39. The number of hydrogen-bond acceptors (Lipinski definition) is 9. The Balaban J connectivity index is 1.42. The zero-order chi connectivity index (χ0) is 23.2. The van der Waals surface area contributed by atoms with Crippen LogP contribution in [0.25, 0.3) is 11.6 Å². The average Bonchev–Trinajstić information content (AvgIpc) is 3.52. The lowest BCUT2D eigenvalue weighted by Crippen LogP contribution is -3.12. The van der Waals surface area contributed by atoms with E-state index in [0.29, 0.717) is 40.0 Å². The second-order valence-corrected chi connectivity index (χ2v) is 10.4. The summed E-state index contributed by atoms with van der Waals surface area (Å²) >= 11 is 1.48. The summed E-state index contributed by atoms with van der Waals surface area (Å²) in [6.45, 7) is 5.30. The van der Waals surface area contributed by atoms with Crippen LogP contribution in [0.15, 0.2) is 16.8 Å². The van der Waals surface area contributed by atoms with Crippen LogP contribution in [0.4, 0.5) is 5.00 Å². The number of rotatable bonds is 5. The molecule has 1 fully saturated rings. The van der Waals surface area contributed by atoms with Crippen LogP contribution < -0.4 is 15.4 Å². The van der Waals surface area contributed by atoms with Crippen molar-refractivity contribution in [1.29, 1.82) is 5.26 Å². The summed E-state index contributed by atoms with van der Waals surface area (Å²) in [5.41, 5.74) is 7.00. The first kappa shape index (κ1) is 21.8. The van der Waals surface area contributed by atoms with Crippen LogP contribution in [0.3, 0.4) is 0 Å². The minimum Gasteiger partial charge on any atom is -0.468 e. The van der Waals surface area contributed by atoms with E-state index in [4.69, 9.17) is 15.0 Å². The highest BCUT2D eigenvalue weighted by atomic mass is 32.1. The SMILES string of the molecule is C[C@H](Oc1ccnc(-c2noc([C@@]3(C)CCCc4sc(N)c(C#N)c43)n2)n1)[C@@H]1CCC[NH+]1C. The molecule has 3 aromatic rings. The van der Waals surface area contributed by atoms with Crippen molar-refractivity contribution in [2.45, 2.75) is 63.5 Å². The number of quaternary nitrogens is 1. The fourth-order valence-corrected chi connectivity index (χ4v) is 6.49. The van der Waals surface area contributed by atoms with Gasteiger partial charge in [-0.05, 0) is 33.1 Å². The normalized spacial score (nSPS) is 25.4. The van der Waals surface area contributed by atoms with Gasteiger partial charge in [0.2, 0.25) is 23.4 Å². The molecule has 0 saturated carbocycles. The number of likely N-dealkylation sites (N-methyl/N-ethyl adjacent to an activating group) is 1. The van der Waals surface area contributed by atoms with Gasteiger partial charge < -0.3 is 19.9 Å². The fraction of sp³-hybridized carbons (Fsp3) is 0.522. The molecule has 33 heavy (non-hydrogen) atoms. The van der Waals surface area contributed by atoms with Crippen molar-refractivity contribution >= 4 is 16.3 Å². The van der Waals surface area contributed by atoms with Gasteiger partial charge in [0.25, 0.3) is 0 Å². The van der Waals surface area contributed by atoms with Gasteiger partial charge in [-0.1, -0.05) is 5.16 Å². The highest BCUT2D eigenvalue weighted by Gasteiger charge is 2.43. The Bertz CT molecular complexity index is 1220. The second-order valence-electron chi connectivity index (χ2n) is 9.25. The van der Waals surface area contributed by atoms with Crippen LogP contribution in [0.1, 0.15) is 61.4 Å². The van der Waals surface area contributed by atoms with Crippen molar-refractivity contribution in [1.82, 2.24) is 20.1 Å². The number of aryl methyl sites for hydroxylation is 1. The number of nitrogens with one attached hydrogen (secondary N) is 1. The van der Waals surface area contributed by atoms with E-state index < -0.39 is 5.41 Å². The molecule has 4 atom stereocenters.